The molecule has 33 heavy (non-hydrogen) atoms. The number of hydrogen-bond donors (Lipinski definition) is 3. The van der Waals surface area contributed by atoms with Crippen molar-refractivity contribution in [2.24, 2.45) is 5.73 Å². The molecule has 0 aliphatic carbocycles. The minimum atomic E-state index is -0.556. The highest BCUT2D eigenvalue weighted by molar-refractivity contribution is 9.10. The molecule has 0 bridgehead atoms. The first-order valence-corrected chi connectivity index (χ1v) is 11.2. The summed E-state index contributed by atoms with van der Waals surface area (Å²) in [6, 6.07) is 7.32. The molecule has 2 aromatic heterocycles. The van der Waals surface area contributed by atoms with Crippen LogP contribution in [0.25, 0.3) is 5.82 Å². The number of nitrogens with two attached hydrogens (primary N) is 1. The topological polar surface area (TPSA) is 132 Å². The predicted octanol–water partition coefficient (Wildman–Crippen LogP) is 3.89. The van der Waals surface area contributed by atoms with Crippen LogP contribution in [0.3, 0.4) is 0 Å². The van der Waals surface area contributed by atoms with Gasteiger partial charge in [0.2, 0.25) is 5.91 Å². The molecule has 0 radical (unpaired) electrons. The van der Waals surface area contributed by atoms with Gasteiger partial charge in [0.1, 0.15) is 10.3 Å². The quantitative estimate of drug-likeness (QED) is 0.408. The lowest BCUT2D eigenvalue weighted by molar-refractivity contribution is -0.118. The Hall–Kier alpha value is -2.95. The van der Waals surface area contributed by atoms with Crippen LogP contribution in [0.1, 0.15) is 39.8 Å². The van der Waals surface area contributed by atoms with Crippen LogP contribution < -0.4 is 16.4 Å². The Morgan fingerprint density at radius 2 is 1.94 bits per heavy atom. The second-order valence-electron chi connectivity index (χ2n) is 7.22. The standard InChI is InChI=1S/C21H19BrCl2N6O3/c1-10-6-12(23)8-13(20(32)27-11(2)7-17(25)31)18(10)28-21(33)15-9-16(22)29-30(15)19-14(24)4-3-5-26-19/h3-6,8-9,11H,7H2,1-2H3,(H2,25,31)(H,27,32)(H,28,33). The largest absolute Gasteiger partial charge is 0.370 e. The van der Waals surface area contributed by atoms with Gasteiger partial charge in [-0.25, -0.2) is 9.67 Å². The van der Waals surface area contributed by atoms with Crippen molar-refractivity contribution in [1.82, 2.24) is 20.1 Å². The maximum atomic E-state index is 13.2. The maximum absolute atomic E-state index is 13.2. The zero-order valence-corrected chi connectivity index (χ0v) is 20.6. The molecule has 0 aliphatic heterocycles. The normalized spacial score (nSPS) is 11.7. The molecule has 9 nitrogen and oxygen atoms in total. The number of anilines is 1. The summed E-state index contributed by atoms with van der Waals surface area (Å²) in [7, 11) is 0. The Morgan fingerprint density at radius 3 is 2.61 bits per heavy atom. The van der Waals surface area contributed by atoms with Crippen molar-refractivity contribution < 1.29 is 14.4 Å². The van der Waals surface area contributed by atoms with Crippen LogP contribution in [0.15, 0.2) is 41.1 Å². The molecular weight excluding hydrogens is 535 g/mol. The molecule has 1 unspecified atom stereocenters. The molecule has 3 amide bonds. The van der Waals surface area contributed by atoms with E-state index in [0.717, 1.165) is 0 Å². The summed E-state index contributed by atoms with van der Waals surface area (Å²) in [4.78, 5) is 41.5. The first kappa shape index (κ1) is 24.7. The van der Waals surface area contributed by atoms with Crippen molar-refractivity contribution in [2.75, 3.05) is 5.32 Å². The average molecular weight is 554 g/mol. The lowest BCUT2D eigenvalue weighted by Gasteiger charge is -2.17. The van der Waals surface area contributed by atoms with Crippen LogP contribution in [0.4, 0.5) is 5.69 Å². The van der Waals surface area contributed by atoms with E-state index < -0.39 is 23.8 Å². The summed E-state index contributed by atoms with van der Waals surface area (Å²) < 4.78 is 1.68. The molecule has 0 spiro atoms. The van der Waals surface area contributed by atoms with Gasteiger partial charge < -0.3 is 16.4 Å². The van der Waals surface area contributed by atoms with Gasteiger partial charge in [-0.15, -0.1) is 0 Å². The summed E-state index contributed by atoms with van der Waals surface area (Å²) in [5, 5.41) is 10.3. The number of primary amides is 1. The Morgan fingerprint density at radius 1 is 1.21 bits per heavy atom. The Balaban J connectivity index is 1.96. The van der Waals surface area contributed by atoms with Crippen LogP contribution in [0, 0.1) is 6.92 Å². The van der Waals surface area contributed by atoms with Crippen molar-refractivity contribution in [2.45, 2.75) is 26.3 Å². The molecule has 0 fully saturated rings. The summed E-state index contributed by atoms with van der Waals surface area (Å²) in [6.07, 6.45) is 1.49. The molecule has 3 rings (SSSR count). The van der Waals surface area contributed by atoms with E-state index in [9.17, 15) is 14.4 Å². The second kappa shape index (κ2) is 10.3. The van der Waals surface area contributed by atoms with E-state index in [0.29, 0.717) is 20.2 Å². The van der Waals surface area contributed by atoms with Crippen LogP contribution in [0.2, 0.25) is 10.0 Å². The van der Waals surface area contributed by atoms with E-state index in [1.54, 1.807) is 32.0 Å². The molecule has 0 saturated carbocycles. The van der Waals surface area contributed by atoms with E-state index in [2.05, 4.69) is 36.6 Å². The first-order chi connectivity index (χ1) is 15.6. The number of aromatic nitrogens is 3. The predicted molar refractivity (Wildman–Crippen MR) is 129 cm³/mol. The molecule has 12 heteroatoms. The molecule has 0 saturated heterocycles. The van der Waals surface area contributed by atoms with E-state index in [1.165, 1.54) is 23.0 Å². The van der Waals surface area contributed by atoms with E-state index >= 15 is 0 Å². The molecule has 2 heterocycles. The number of amides is 3. The van der Waals surface area contributed by atoms with Crippen LogP contribution in [0.5, 0.6) is 0 Å². The highest BCUT2D eigenvalue weighted by Crippen LogP contribution is 2.28. The Bertz CT molecular complexity index is 1250. The van der Waals surface area contributed by atoms with E-state index in [4.69, 9.17) is 28.9 Å². The van der Waals surface area contributed by atoms with Gasteiger partial charge in [-0.2, -0.15) is 5.10 Å². The number of hydrogen-bond acceptors (Lipinski definition) is 5. The van der Waals surface area contributed by atoms with Gasteiger partial charge in [0.25, 0.3) is 11.8 Å². The molecule has 3 aromatic rings. The molecule has 1 aromatic carbocycles. The number of carbonyl (C=O) groups is 3. The van der Waals surface area contributed by atoms with Gasteiger partial charge in [0, 0.05) is 29.7 Å². The highest BCUT2D eigenvalue weighted by Gasteiger charge is 2.23. The average Bonchev–Trinajstić information content (AvgIpc) is 3.10. The van der Waals surface area contributed by atoms with Gasteiger partial charge >= 0.3 is 0 Å². The monoisotopic (exact) mass is 552 g/mol. The van der Waals surface area contributed by atoms with Gasteiger partial charge in [-0.1, -0.05) is 23.2 Å². The number of aryl methyl sites for hydroxylation is 1. The fourth-order valence-corrected chi connectivity index (χ4v) is 3.98. The van der Waals surface area contributed by atoms with Crippen LogP contribution >= 0.6 is 39.1 Å². The minimum absolute atomic E-state index is 0.0367. The Labute approximate surface area is 207 Å². The van der Waals surface area contributed by atoms with Crippen molar-refractivity contribution >= 4 is 62.5 Å². The molecular formula is C21H19BrCl2N6O3. The first-order valence-electron chi connectivity index (χ1n) is 9.64. The summed E-state index contributed by atoms with van der Waals surface area (Å²) in [6.45, 7) is 3.35. The van der Waals surface area contributed by atoms with Crippen molar-refractivity contribution in [3.05, 3.63) is 68.0 Å². The summed E-state index contributed by atoms with van der Waals surface area (Å²) in [5.41, 5.74) is 6.27. The number of pyridine rings is 1. The third kappa shape index (κ3) is 5.89. The van der Waals surface area contributed by atoms with Gasteiger partial charge in [0.15, 0.2) is 5.82 Å². The van der Waals surface area contributed by atoms with Crippen molar-refractivity contribution in [1.29, 1.82) is 0 Å². The number of carbonyl (C=O) groups excluding carboxylic acids is 3. The van der Waals surface area contributed by atoms with Gasteiger partial charge in [-0.05, 0) is 59.6 Å². The molecule has 1 atom stereocenters. The fourth-order valence-electron chi connectivity index (χ4n) is 3.13. The fraction of sp³-hybridized carbons (Fsp3) is 0.190. The third-order valence-electron chi connectivity index (χ3n) is 4.52. The highest BCUT2D eigenvalue weighted by atomic mass is 79.9. The molecule has 4 N–H and O–H groups in total. The van der Waals surface area contributed by atoms with Gasteiger partial charge in [-0.3, -0.25) is 14.4 Å². The maximum Gasteiger partial charge on any atom is 0.274 e. The zero-order valence-electron chi connectivity index (χ0n) is 17.5. The molecule has 0 aliphatic rings. The lowest BCUT2D eigenvalue weighted by atomic mass is 10.1. The number of benzene rings is 1. The number of nitrogens with one attached hydrogen (secondary N) is 2. The smallest absolute Gasteiger partial charge is 0.274 e. The van der Waals surface area contributed by atoms with Crippen molar-refractivity contribution in [3.63, 3.8) is 0 Å². The third-order valence-corrected chi connectivity index (χ3v) is 5.42. The number of nitrogens with zero attached hydrogens (tertiary/aromatic N) is 3. The summed E-state index contributed by atoms with van der Waals surface area (Å²) >= 11 is 15.6. The van der Waals surface area contributed by atoms with Crippen LogP contribution in [-0.4, -0.2) is 38.5 Å². The molecule has 172 valence electrons. The number of rotatable bonds is 7. The second-order valence-corrected chi connectivity index (χ2v) is 8.87. The minimum Gasteiger partial charge on any atom is -0.370 e. The zero-order chi connectivity index (χ0) is 24.3. The van der Waals surface area contributed by atoms with Crippen molar-refractivity contribution in [3.8, 4) is 5.82 Å². The Kier molecular flexibility index (Phi) is 7.72. The number of halogens is 3. The van der Waals surface area contributed by atoms with Gasteiger partial charge in [0.05, 0.1) is 16.3 Å². The summed E-state index contributed by atoms with van der Waals surface area (Å²) in [5.74, 6) is -1.36. The van der Waals surface area contributed by atoms with E-state index in [-0.39, 0.29) is 29.2 Å². The van der Waals surface area contributed by atoms with Crippen LogP contribution in [-0.2, 0) is 4.79 Å². The lowest BCUT2D eigenvalue weighted by Crippen LogP contribution is -2.36. The SMILES string of the molecule is Cc1cc(Cl)cc(C(=O)NC(C)CC(N)=O)c1NC(=O)c1cc(Br)nn1-c1ncccc1Cl. The van der Waals surface area contributed by atoms with E-state index in [1.807, 2.05) is 0 Å².